The van der Waals surface area contributed by atoms with Gasteiger partial charge in [-0.2, -0.15) is 5.26 Å². The predicted molar refractivity (Wildman–Crippen MR) is 81.1 cm³/mol. The van der Waals surface area contributed by atoms with Crippen molar-refractivity contribution in [3.63, 3.8) is 0 Å². The van der Waals surface area contributed by atoms with Crippen LogP contribution in [0.15, 0.2) is 30.3 Å². The first kappa shape index (κ1) is 16.2. The first-order chi connectivity index (χ1) is 9.52. The van der Waals surface area contributed by atoms with Crippen molar-refractivity contribution >= 4 is 5.91 Å². The number of amides is 1. The van der Waals surface area contributed by atoms with Gasteiger partial charge in [-0.3, -0.25) is 4.79 Å². The highest BCUT2D eigenvalue weighted by Gasteiger charge is 2.30. The number of nitrogens with zero attached hydrogens (tertiary/aromatic N) is 2. The van der Waals surface area contributed by atoms with Crippen LogP contribution in [-0.2, 0) is 4.79 Å². The summed E-state index contributed by atoms with van der Waals surface area (Å²) in [5, 5.41) is 8.94. The van der Waals surface area contributed by atoms with E-state index < -0.39 is 0 Å². The van der Waals surface area contributed by atoms with E-state index in [1.165, 1.54) is 0 Å². The van der Waals surface area contributed by atoms with Gasteiger partial charge in [0.25, 0.3) is 0 Å². The van der Waals surface area contributed by atoms with Crippen LogP contribution >= 0.6 is 0 Å². The molecule has 108 valence electrons. The van der Waals surface area contributed by atoms with Crippen molar-refractivity contribution < 1.29 is 4.79 Å². The van der Waals surface area contributed by atoms with Crippen molar-refractivity contribution in [2.75, 3.05) is 6.54 Å². The third-order valence-electron chi connectivity index (χ3n) is 3.79. The Morgan fingerprint density at radius 3 is 2.30 bits per heavy atom. The summed E-state index contributed by atoms with van der Waals surface area (Å²) in [5.74, 6) is 0.142. The van der Waals surface area contributed by atoms with Crippen molar-refractivity contribution in [2.24, 2.45) is 5.92 Å². The highest BCUT2D eigenvalue weighted by molar-refractivity contribution is 5.84. The zero-order valence-electron chi connectivity index (χ0n) is 12.8. The maximum atomic E-state index is 12.9. The molecule has 1 rings (SSSR count). The van der Waals surface area contributed by atoms with Crippen LogP contribution in [-0.4, -0.2) is 23.4 Å². The zero-order valence-corrected chi connectivity index (χ0v) is 12.8. The molecule has 0 heterocycles. The van der Waals surface area contributed by atoms with Crippen LogP contribution < -0.4 is 0 Å². The fourth-order valence-corrected chi connectivity index (χ4v) is 2.38. The molecular weight excluding hydrogens is 248 g/mol. The molecule has 0 spiro atoms. The Balaban J connectivity index is 3.11. The lowest BCUT2D eigenvalue weighted by Crippen LogP contribution is -2.42. The third-order valence-corrected chi connectivity index (χ3v) is 3.79. The molecule has 0 radical (unpaired) electrons. The molecule has 0 aliphatic carbocycles. The highest BCUT2D eigenvalue weighted by Crippen LogP contribution is 2.29. The minimum atomic E-state index is -0.169. The zero-order chi connectivity index (χ0) is 15.1. The summed E-state index contributed by atoms with van der Waals surface area (Å²) in [4.78, 5) is 14.5. The lowest BCUT2D eigenvalue weighted by Gasteiger charge is -2.31. The van der Waals surface area contributed by atoms with Gasteiger partial charge in [-0.05, 0) is 25.3 Å². The molecule has 0 saturated carbocycles. The van der Waals surface area contributed by atoms with E-state index in [1.54, 1.807) is 4.90 Å². The van der Waals surface area contributed by atoms with Crippen LogP contribution in [0.25, 0.3) is 0 Å². The Morgan fingerprint density at radius 1 is 1.25 bits per heavy atom. The summed E-state index contributed by atoms with van der Waals surface area (Å²) >= 11 is 0. The maximum absolute atomic E-state index is 12.9. The number of carbonyl (C=O) groups excluding carboxylic acids is 1. The fraction of sp³-hybridized carbons (Fsp3) is 0.529. The molecule has 20 heavy (non-hydrogen) atoms. The number of hydrogen-bond acceptors (Lipinski definition) is 2. The number of benzene rings is 1. The largest absolute Gasteiger partial charge is 0.326 e. The van der Waals surface area contributed by atoms with Crippen molar-refractivity contribution in [1.82, 2.24) is 4.90 Å². The first-order valence-electron chi connectivity index (χ1n) is 7.25. The number of carbonyl (C=O) groups is 1. The average Bonchev–Trinajstić information content (AvgIpc) is 2.45. The molecule has 0 aliphatic heterocycles. The van der Waals surface area contributed by atoms with E-state index >= 15 is 0 Å². The third kappa shape index (κ3) is 3.84. The standard InChI is InChI=1S/C17H24N2O/c1-5-14(4)16(15-9-7-6-8-10-15)17(20)19(12-11-18)13(2)3/h6-10,13-14,16H,5,12H2,1-4H3. The van der Waals surface area contributed by atoms with Crippen LogP contribution in [0, 0.1) is 17.2 Å². The van der Waals surface area contributed by atoms with E-state index in [1.807, 2.05) is 44.2 Å². The summed E-state index contributed by atoms with van der Waals surface area (Å²) in [6, 6.07) is 12.0. The molecule has 0 fully saturated rings. The highest BCUT2D eigenvalue weighted by atomic mass is 16.2. The molecule has 2 atom stereocenters. The summed E-state index contributed by atoms with van der Waals surface area (Å²) in [7, 11) is 0. The van der Waals surface area contributed by atoms with Gasteiger partial charge in [0, 0.05) is 6.04 Å². The topological polar surface area (TPSA) is 44.1 Å². The Morgan fingerprint density at radius 2 is 1.85 bits per heavy atom. The number of rotatable bonds is 6. The second kappa shape index (κ2) is 7.69. The van der Waals surface area contributed by atoms with Crippen LogP contribution in [0.2, 0.25) is 0 Å². The molecule has 2 unspecified atom stereocenters. The van der Waals surface area contributed by atoms with Gasteiger partial charge in [-0.1, -0.05) is 50.6 Å². The van der Waals surface area contributed by atoms with E-state index in [4.69, 9.17) is 5.26 Å². The van der Waals surface area contributed by atoms with Crippen molar-refractivity contribution in [3.05, 3.63) is 35.9 Å². The normalized spacial score (nSPS) is 13.6. The van der Waals surface area contributed by atoms with E-state index in [0.29, 0.717) is 0 Å². The van der Waals surface area contributed by atoms with E-state index in [2.05, 4.69) is 19.9 Å². The minimum absolute atomic E-state index is 0.0393. The van der Waals surface area contributed by atoms with Gasteiger partial charge in [0.15, 0.2) is 0 Å². The molecule has 1 aromatic carbocycles. The summed E-state index contributed by atoms with van der Waals surface area (Å²) in [6.07, 6.45) is 0.934. The van der Waals surface area contributed by atoms with Gasteiger partial charge in [0.1, 0.15) is 6.54 Å². The summed E-state index contributed by atoms with van der Waals surface area (Å²) < 4.78 is 0. The van der Waals surface area contributed by atoms with Gasteiger partial charge in [0.2, 0.25) is 5.91 Å². The first-order valence-corrected chi connectivity index (χ1v) is 7.25. The molecule has 3 heteroatoms. The lowest BCUT2D eigenvalue weighted by atomic mass is 9.84. The van der Waals surface area contributed by atoms with Gasteiger partial charge in [0.05, 0.1) is 12.0 Å². The molecule has 0 aliphatic rings. The van der Waals surface area contributed by atoms with Gasteiger partial charge >= 0.3 is 0 Å². The van der Waals surface area contributed by atoms with Gasteiger partial charge in [-0.15, -0.1) is 0 Å². The molecule has 3 nitrogen and oxygen atoms in total. The minimum Gasteiger partial charge on any atom is -0.326 e. The van der Waals surface area contributed by atoms with Gasteiger partial charge < -0.3 is 4.90 Å². The van der Waals surface area contributed by atoms with E-state index in [0.717, 1.165) is 12.0 Å². The number of hydrogen-bond donors (Lipinski definition) is 0. The molecule has 0 bridgehead atoms. The Kier molecular flexibility index (Phi) is 6.24. The van der Waals surface area contributed by atoms with Crippen LogP contribution in [0.5, 0.6) is 0 Å². The van der Waals surface area contributed by atoms with Gasteiger partial charge in [-0.25, -0.2) is 0 Å². The molecular formula is C17H24N2O. The summed E-state index contributed by atoms with van der Waals surface area (Å²) in [5.41, 5.74) is 1.04. The fourth-order valence-electron chi connectivity index (χ4n) is 2.38. The van der Waals surface area contributed by atoms with E-state index in [-0.39, 0.29) is 30.3 Å². The number of nitriles is 1. The quantitative estimate of drug-likeness (QED) is 0.743. The lowest BCUT2D eigenvalue weighted by molar-refractivity contribution is -0.135. The van der Waals surface area contributed by atoms with Crippen LogP contribution in [0.1, 0.15) is 45.6 Å². The maximum Gasteiger partial charge on any atom is 0.231 e. The second-order valence-corrected chi connectivity index (χ2v) is 5.49. The molecule has 1 amide bonds. The Bertz CT molecular complexity index is 462. The van der Waals surface area contributed by atoms with Crippen LogP contribution in [0.3, 0.4) is 0 Å². The predicted octanol–water partition coefficient (Wildman–Crippen LogP) is 3.58. The molecule has 1 aromatic rings. The van der Waals surface area contributed by atoms with E-state index in [9.17, 15) is 4.79 Å². The second-order valence-electron chi connectivity index (χ2n) is 5.49. The Labute approximate surface area is 122 Å². The molecule has 0 N–H and O–H groups in total. The average molecular weight is 272 g/mol. The SMILES string of the molecule is CCC(C)C(C(=O)N(CC#N)C(C)C)c1ccccc1. The van der Waals surface area contributed by atoms with Crippen LogP contribution in [0.4, 0.5) is 0 Å². The van der Waals surface area contributed by atoms with Crippen molar-refractivity contribution in [2.45, 2.75) is 46.1 Å². The molecule has 0 aromatic heterocycles. The molecule has 0 saturated heterocycles. The van der Waals surface area contributed by atoms with Crippen molar-refractivity contribution in [1.29, 1.82) is 5.26 Å². The monoisotopic (exact) mass is 272 g/mol. The van der Waals surface area contributed by atoms with Crippen molar-refractivity contribution in [3.8, 4) is 6.07 Å². The summed E-state index contributed by atoms with van der Waals surface area (Å²) in [6.45, 7) is 8.25. The Hall–Kier alpha value is -1.82. The smallest absolute Gasteiger partial charge is 0.231 e.